The topological polar surface area (TPSA) is 49.6 Å². The van der Waals surface area contributed by atoms with Crippen LogP contribution in [0.2, 0.25) is 0 Å². The summed E-state index contributed by atoms with van der Waals surface area (Å²) in [5, 5.41) is 0. The lowest BCUT2D eigenvalue weighted by Gasteiger charge is -2.43. The monoisotopic (exact) mass is 281 g/mol. The number of hydrogen-bond acceptors (Lipinski definition) is 3. The molecule has 0 bridgehead atoms. The molecule has 4 heteroatoms. The van der Waals surface area contributed by atoms with Crippen LogP contribution >= 0.6 is 0 Å². The van der Waals surface area contributed by atoms with Crippen LogP contribution in [0.5, 0.6) is 0 Å². The number of nitrogens with zero attached hydrogens (tertiary/aromatic N) is 2. The van der Waals surface area contributed by atoms with Gasteiger partial charge in [-0.05, 0) is 26.3 Å². The van der Waals surface area contributed by atoms with E-state index in [4.69, 9.17) is 5.73 Å². The maximum Gasteiger partial charge on any atom is 0.230 e. The summed E-state index contributed by atoms with van der Waals surface area (Å²) >= 11 is 0. The molecule has 20 heavy (non-hydrogen) atoms. The van der Waals surface area contributed by atoms with E-state index in [1.54, 1.807) is 0 Å². The zero-order valence-corrected chi connectivity index (χ0v) is 13.2. The van der Waals surface area contributed by atoms with E-state index < -0.39 is 0 Å². The van der Waals surface area contributed by atoms with Crippen LogP contribution in [0.25, 0.3) is 0 Å². The second-order valence-corrected chi connectivity index (χ2v) is 6.69. The van der Waals surface area contributed by atoms with E-state index in [2.05, 4.69) is 23.8 Å². The Morgan fingerprint density at radius 1 is 1.20 bits per heavy atom. The lowest BCUT2D eigenvalue weighted by molar-refractivity contribution is -0.145. The number of hydrogen-bond donors (Lipinski definition) is 1. The maximum absolute atomic E-state index is 13.1. The fourth-order valence-electron chi connectivity index (χ4n) is 3.82. The van der Waals surface area contributed by atoms with Crippen LogP contribution < -0.4 is 5.73 Å². The molecule has 1 amide bonds. The first-order valence-electron chi connectivity index (χ1n) is 8.32. The second kappa shape index (κ2) is 6.90. The fraction of sp³-hybridized carbons (Fsp3) is 0.938. The highest BCUT2D eigenvalue weighted by Crippen LogP contribution is 2.36. The average molecular weight is 281 g/mol. The highest BCUT2D eigenvalue weighted by atomic mass is 16.2. The first-order chi connectivity index (χ1) is 9.63. The van der Waals surface area contributed by atoms with Gasteiger partial charge in [0.15, 0.2) is 0 Å². The van der Waals surface area contributed by atoms with Crippen molar-refractivity contribution in [2.24, 2.45) is 11.1 Å². The second-order valence-electron chi connectivity index (χ2n) is 6.69. The first-order valence-corrected chi connectivity index (χ1v) is 8.32. The van der Waals surface area contributed by atoms with Crippen LogP contribution in [-0.2, 0) is 4.79 Å². The Kier molecular flexibility index (Phi) is 5.44. The van der Waals surface area contributed by atoms with Gasteiger partial charge in [0.05, 0.1) is 5.41 Å². The smallest absolute Gasteiger partial charge is 0.230 e. The van der Waals surface area contributed by atoms with Crippen molar-refractivity contribution < 1.29 is 4.79 Å². The largest absolute Gasteiger partial charge is 0.339 e. The Bertz CT molecular complexity index is 324. The standard InChI is InChI=1S/C16H31N3O/c1-3-14-12-19(11-10-18(14)2)15(20)16(13-17)8-6-4-5-7-9-16/h14H,3-13,17H2,1-2H3. The van der Waals surface area contributed by atoms with Crippen molar-refractivity contribution in [1.29, 1.82) is 0 Å². The Morgan fingerprint density at radius 3 is 2.40 bits per heavy atom. The van der Waals surface area contributed by atoms with Gasteiger partial charge in [0, 0.05) is 32.2 Å². The molecule has 1 saturated carbocycles. The van der Waals surface area contributed by atoms with Crippen molar-refractivity contribution in [2.45, 2.75) is 57.9 Å². The Morgan fingerprint density at radius 2 is 1.85 bits per heavy atom. The van der Waals surface area contributed by atoms with Crippen LogP contribution in [-0.4, -0.2) is 55.0 Å². The minimum atomic E-state index is -0.259. The van der Waals surface area contributed by atoms with Gasteiger partial charge in [-0.1, -0.05) is 32.6 Å². The Labute approximate surface area is 123 Å². The molecule has 0 aromatic heterocycles. The number of amides is 1. The summed E-state index contributed by atoms with van der Waals surface area (Å²) < 4.78 is 0. The molecule has 0 spiro atoms. The molecular weight excluding hydrogens is 250 g/mol. The number of carbonyl (C=O) groups excluding carboxylic acids is 1. The predicted molar refractivity (Wildman–Crippen MR) is 82.5 cm³/mol. The van der Waals surface area contributed by atoms with Gasteiger partial charge in [0.1, 0.15) is 0 Å². The van der Waals surface area contributed by atoms with Gasteiger partial charge in [-0.15, -0.1) is 0 Å². The van der Waals surface area contributed by atoms with E-state index >= 15 is 0 Å². The van der Waals surface area contributed by atoms with Gasteiger partial charge in [-0.2, -0.15) is 0 Å². The number of carbonyl (C=O) groups is 1. The van der Waals surface area contributed by atoms with Crippen LogP contribution in [0.1, 0.15) is 51.9 Å². The highest BCUT2D eigenvalue weighted by Gasteiger charge is 2.41. The maximum atomic E-state index is 13.1. The molecule has 1 unspecified atom stereocenters. The molecule has 1 aliphatic carbocycles. The third-order valence-electron chi connectivity index (χ3n) is 5.44. The molecular formula is C16H31N3O. The van der Waals surface area contributed by atoms with E-state index in [1.165, 1.54) is 12.8 Å². The van der Waals surface area contributed by atoms with E-state index in [-0.39, 0.29) is 5.41 Å². The van der Waals surface area contributed by atoms with Crippen LogP contribution in [0.15, 0.2) is 0 Å². The average Bonchev–Trinajstić information content (AvgIpc) is 2.73. The molecule has 1 aliphatic heterocycles. The summed E-state index contributed by atoms with van der Waals surface area (Å²) in [5.41, 5.74) is 5.79. The normalized spacial score (nSPS) is 28.1. The molecule has 1 saturated heterocycles. The van der Waals surface area contributed by atoms with Gasteiger partial charge < -0.3 is 10.6 Å². The van der Waals surface area contributed by atoms with Gasteiger partial charge >= 0.3 is 0 Å². The van der Waals surface area contributed by atoms with Gasteiger partial charge in [0.25, 0.3) is 0 Å². The van der Waals surface area contributed by atoms with Gasteiger partial charge in [0.2, 0.25) is 5.91 Å². The fourth-order valence-corrected chi connectivity index (χ4v) is 3.82. The summed E-state index contributed by atoms with van der Waals surface area (Å²) in [7, 11) is 2.17. The summed E-state index contributed by atoms with van der Waals surface area (Å²) in [6.07, 6.45) is 7.93. The van der Waals surface area contributed by atoms with Crippen LogP contribution in [0.3, 0.4) is 0 Å². The molecule has 1 atom stereocenters. The van der Waals surface area contributed by atoms with E-state index in [1.807, 2.05) is 0 Å². The van der Waals surface area contributed by atoms with Crippen molar-refractivity contribution in [1.82, 2.24) is 9.80 Å². The molecule has 0 radical (unpaired) electrons. The lowest BCUT2D eigenvalue weighted by Crippen LogP contribution is -2.57. The van der Waals surface area contributed by atoms with Crippen molar-refractivity contribution in [3.63, 3.8) is 0 Å². The molecule has 0 aromatic carbocycles. The van der Waals surface area contributed by atoms with E-state index in [0.717, 1.165) is 51.7 Å². The lowest BCUT2D eigenvalue weighted by atomic mass is 9.78. The van der Waals surface area contributed by atoms with E-state index in [0.29, 0.717) is 18.5 Å². The third kappa shape index (κ3) is 3.17. The molecule has 1 heterocycles. The molecule has 116 valence electrons. The number of nitrogens with two attached hydrogens (primary N) is 1. The predicted octanol–water partition coefficient (Wildman–Crippen LogP) is 1.84. The summed E-state index contributed by atoms with van der Waals surface area (Å²) in [4.78, 5) is 17.5. The molecule has 2 fully saturated rings. The number of rotatable bonds is 3. The first kappa shape index (κ1) is 15.8. The minimum absolute atomic E-state index is 0.259. The highest BCUT2D eigenvalue weighted by molar-refractivity contribution is 5.83. The number of likely N-dealkylation sites (N-methyl/N-ethyl adjacent to an activating group) is 1. The Hall–Kier alpha value is -0.610. The van der Waals surface area contributed by atoms with Crippen molar-refractivity contribution in [3.8, 4) is 0 Å². The molecule has 2 N–H and O–H groups in total. The SMILES string of the molecule is CCC1CN(C(=O)C2(CN)CCCCCC2)CCN1C. The summed E-state index contributed by atoms with van der Waals surface area (Å²) in [6.45, 7) is 5.47. The zero-order valence-electron chi connectivity index (χ0n) is 13.2. The number of piperazine rings is 1. The van der Waals surface area contributed by atoms with Gasteiger partial charge in [-0.25, -0.2) is 0 Å². The van der Waals surface area contributed by atoms with E-state index in [9.17, 15) is 4.79 Å². The third-order valence-corrected chi connectivity index (χ3v) is 5.44. The van der Waals surface area contributed by atoms with Crippen molar-refractivity contribution >= 4 is 5.91 Å². The van der Waals surface area contributed by atoms with Crippen LogP contribution in [0, 0.1) is 5.41 Å². The Balaban J connectivity index is 2.08. The van der Waals surface area contributed by atoms with Crippen molar-refractivity contribution in [3.05, 3.63) is 0 Å². The van der Waals surface area contributed by atoms with Gasteiger partial charge in [-0.3, -0.25) is 9.69 Å². The molecule has 2 aliphatic rings. The quantitative estimate of drug-likeness (QED) is 0.803. The summed E-state index contributed by atoms with van der Waals surface area (Å²) in [5.74, 6) is 0.341. The van der Waals surface area contributed by atoms with Crippen LogP contribution in [0.4, 0.5) is 0 Å². The molecule has 0 aromatic rings. The molecule has 4 nitrogen and oxygen atoms in total. The molecule has 2 rings (SSSR count). The minimum Gasteiger partial charge on any atom is -0.339 e. The van der Waals surface area contributed by atoms with Crippen molar-refractivity contribution in [2.75, 3.05) is 33.2 Å². The zero-order chi connectivity index (χ0) is 14.6. The summed E-state index contributed by atoms with van der Waals surface area (Å²) in [6, 6.07) is 0.508.